The molecule has 0 aliphatic rings. The Kier molecular flexibility index (Phi) is 5.62. The van der Waals surface area contributed by atoms with Crippen LogP contribution < -0.4 is 5.32 Å². The maximum Gasteiger partial charge on any atom is 0.0629 e. The molecule has 0 radical (unpaired) electrons. The average molecular weight is 289 g/mol. The number of methoxy groups -OCH3 is 1. The zero-order valence-corrected chi connectivity index (χ0v) is 13.2. The minimum absolute atomic E-state index is 0.360. The van der Waals surface area contributed by atoms with Crippen molar-refractivity contribution in [3.63, 3.8) is 0 Å². The molecule has 1 aromatic heterocycles. The van der Waals surface area contributed by atoms with Crippen LogP contribution in [0.25, 0.3) is 0 Å². The van der Waals surface area contributed by atoms with Gasteiger partial charge in [-0.15, -0.1) is 11.3 Å². The van der Waals surface area contributed by atoms with E-state index in [2.05, 4.69) is 60.9 Å². The summed E-state index contributed by atoms with van der Waals surface area (Å²) in [6.45, 7) is 5.27. The predicted octanol–water partition coefficient (Wildman–Crippen LogP) is 4.75. The number of hydrogen-bond donors (Lipinski definition) is 1. The van der Waals surface area contributed by atoms with E-state index in [0.29, 0.717) is 12.0 Å². The lowest BCUT2D eigenvalue weighted by Crippen LogP contribution is -2.16. The van der Waals surface area contributed by atoms with E-state index in [-0.39, 0.29) is 0 Å². The minimum Gasteiger partial charge on any atom is -0.384 e. The number of hydrogen-bond acceptors (Lipinski definition) is 3. The summed E-state index contributed by atoms with van der Waals surface area (Å²) >= 11 is 1.82. The summed E-state index contributed by atoms with van der Waals surface area (Å²) in [7, 11) is 1.75. The van der Waals surface area contributed by atoms with Crippen molar-refractivity contribution in [2.45, 2.75) is 26.3 Å². The van der Waals surface area contributed by atoms with Gasteiger partial charge in [0.05, 0.1) is 12.6 Å². The molecule has 0 spiro atoms. The second-order valence-electron chi connectivity index (χ2n) is 5.28. The summed E-state index contributed by atoms with van der Waals surface area (Å²) in [5, 5.41) is 5.86. The molecule has 2 nitrogen and oxygen atoms in total. The van der Waals surface area contributed by atoms with Gasteiger partial charge in [-0.3, -0.25) is 0 Å². The molecule has 1 N–H and O–H groups in total. The predicted molar refractivity (Wildman–Crippen MR) is 87.5 cm³/mol. The molecule has 20 heavy (non-hydrogen) atoms. The van der Waals surface area contributed by atoms with E-state index < -0.39 is 0 Å². The lowest BCUT2D eigenvalue weighted by atomic mass is 10.0. The molecule has 0 fully saturated rings. The molecule has 3 heteroatoms. The quantitative estimate of drug-likeness (QED) is 0.794. The molecule has 2 aromatic rings. The van der Waals surface area contributed by atoms with Crippen molar-refractivity contribution in [1.29, 1.82) is 0 Å². The highest BCUT2D eigenvalue weighted by atomic mass is 32.1. The Morgan fingerprint density at radius 2 is 1.95 bits per heavy atom. The lowest BCUT2D eigenvalue weighted by Gasteiger charge is -2.24. The van der Waals surface area contributed by atoms with Crippen molar-refractivity contribution >= 4 is 17.0 Å². The van der Waals surface area contributed by atoms with Crippen LogP contribution >= 0.6 is 11.3 Å². The highest BCUT2D eigenvalue weighted by molar-refractivity contribution is 7.10. The third-order valence-electron chi connectivity index (χ3n) is 3.42. The van der Waals surface area contributed by atoms with Crippen LogP contribution in [0.2, 0.25) is 0 Å². The second-order valence-corrected chi connectivity index (χ2v) is 6.26. The summed E-state index contributed by atoms with van der Waals surface area (Å²) in [5.74, 6) is 0.545. The van der Waals surface area contributed by atoms with E-state index in [9.17, 15) is 0 Å². The van der Waals surface area contributed by atoms with E-state index in [0.717, 1.165) is 13.0 Å². The first-order chi connectivity index (χ1) is 9.72. The zero-order valence-electron chi connectivity index (χ0n) is 12.4. The van der Waals surface area contributed by atoms with Crippen LogP contribution in [-0.4, -0.2) is 13.7 Å². The normalized spacial score (nSPS) is 12.6. The molecule has 0 bridgehead atoms. The summed E-state index contributed by atoms with van der Waals surface area (Å²) in [4.78, 5) is 1.39. The van der Waals surface area contributed by atoms with Crippen molar-refractivity contribution in [2.75, 3.05) is 19.0 Å². The number of nitrogens with one attached hydrogen (secondary N) is 1. The van der Waals surface area contributed by atoms with Crippen LogP contribution in [0.4, 0.5) is 5.69 Å². The van der Waals surface area contributed by atoms with Crippen molar-refractivity contribution in [1.82, 2.24) is 0 Å². The van der Waals surface area contributed by atoms with Gasteiger partial charge < -0.3 is 10.1 Å². The molecule has 0 aliphatic heterocycles. The van der Waals surface area contributed by atoms with Gasteiger partial charge in [-0.05, 0) is 35.4 Å². The number of thiophene rings is 1. The number of ether oxygens (including phenoxy) is 1. The largest absolute Gasteiger partial charge is 0.384 e. The van der Waals surface area contributed by atoms with E-state index in [1.807, 2.05) is 11.3 Å². The monoisotopic (exact) mass is 289 g/mol. The Morgan fingerprint density at radius 1 is 1.15 bits per heavy atom. The third kappa shape index (κ3) is 3.84. The maximum absolute atomic E-state index is 5.20. The lowest BCUT2D eigenvalue weighted by molar-refractivity contribution is 0.202. The molecule has 108 valence electrons. The second kappa shape index (κ2) is 7.46. The SMILES string of the molecule is COCCc1ccccc1NC(c1cccs1)C(C)C. The molecule has 1 aromatic carbocycles. The van der Waals surface area contributed by atoms with Gasteiger partial charge in [0.1, 0.15) is 0 Å². The van der Waals surface area contributed by atoms with Gasteiger partial charge in [-0.2, -0.15) is 0 Å². The van der Waals surface area contributed by atoms with Gasteiger partial charge in [-0.1, -0.05) is 38.1 Å². The molecular formula is C17H23NOS. The molecule has 0 amide bonds. The van der Waals surface area contributed by atoms with Crippen LogP contribution in [0.3, 0.4) is 0 Å². The Morgan fingerprint density at radius 3 is 2.60 bits per heavy atom. The molecule has 0 saturated carbocycles. The fourth-order valence-corrected chi connectivity index (χ4v) is 3.24. The van der Waals surface area contributed by atoms with Gasteiger partial charge >= 0.3 is 0 Å². The first-order valence-electron chi connectivity index (χ1n) is 7.09. The standard InChI is InChI=1S/C17H23NOS/c1-13(2)17(16-9-6-12-20-16)18-15-8-5-4-7-14(15)10-11-19-3/h4-9,12-13,17-18H,10-11H2,1-3H3. The van der Waals surface area contributed by atoms with E-state index in [1.165, 1.54) is 16.1 Å². The maximum atomic E-state index is 5.20. The zero-order chi connectivity index (χ0) is 14.4. The van der Waals surface area contributed by atoms with Crippen LogP contribution in [0, 0.1) is 5.92 Å². The van der Waals surface area contributed by atoms with Crippen molar-refractivity contribution in [2.24, 2.45) is 5.92 Å². The Balaban J connectivity index is 2.18. The molecule has 1 unspecified atom stereocenters. The van der Waals surface area contributed by atoms with Gasteiger partial charge in [0, 0.05) is 17.7 Å². The van der Waals surface area contributed by atoms with Gasteiger partial charge in [0.25, 0.3) is 0 Å². The smallest absolute Gasteiger partial charge is 0.0629 e. The minimum atomic E-state index is 0.360. The number of para-hydroxylation sites is 1. The molecule has 1 atom stereocenters. The molecule has 0 aliphatic carbocycles. The first-order valence-corrected chi connectivity index (χ1v) is 7.97. The van der Waals surface area contributed by atoms with Crippen LogP contribution in [0.15, 0.2) is 41.8 Å². The van der Waals surface area contributed by atoms with Gasteiger partial charge in [0.2, 0.25) is 0 Å². The summed E-state index contributed by atoms with van der Waals surface area (Å²) in [6, 6.07) is 13.2. The number of rotatable bonds is 7. The van der Waals surface area contributed by atoms with E-state index >= 15 is 0 Å². The van der Waals surface area contributed by atoms with Crippen molar-refractivity contribution in [3.05, 3.63) is 52.2 Å². The fourth-order valence-electron chi connectivity index (χ4n) is 2.29. The number of benzene rings is 1. The Bertz CT molecular complexity index is 507. The molecule has 1 heterocycles. The van der Waals surface area contributed by atoms with Gasteiger partial charge in [0.15, 0.2) is 0 Å². The summed E-state index contributed by atoms with van der Waals surface area (Å²) in [5.41, 5.74) is 2.54. The summed E-state index contributed by atoms with van der Waals surface area (Å²) in [6.07, 6.45) is 0.939. The first kappa shape index (κ1) is 15.1. The van der Waals surface area contributed by atoms with E-state index in [1.54, 1.807) is 7.11 Å². The Labute approximate surface area is 125 Å². The molecular weight excluding hydrogens is 266 g/mol. The third-order valence-corrected chi connectivity index (χ3v) is 4.38. The topological polar surface area (TPSA) is 21.3 Å². The fraction of sp³-hybridized carbons (Fsp3) is 0.412. The van der Waals surface area contributed by atoms with E-state index in [4.69, 9.17) is 4.74 Å². The highest BCUT2D eigenvalue weighted by Crippen LogP contribution is 2.31. The molecule has 2 rings (SSSR count). The average Bonchev–Trinajstić information content (AvgIpc) is 2.97. The van der Waals surface area contributed by atoms with Crippen LogP contribution in [0.5, 0.6) is 0 Å². The van der Waals surface area contributed by atoms with Crippen LogP contribution in [-0.2, 0) is 11.2 Å². The number of anilines is 1. The van der Waals surface area contributed by atoms with Crippen molar-refractivity contribution in [3.8, 4) is 0 Å². The van der Waals surface area contributed by atoms with Crippen LogP contribution in [0.1, 0.15) is 30.3 Å². The molecule has 0 saturated heterocycles. The highest BCUT2D eigenvalue weighted by Gasteiger charge is 2.17. The van der Waals surface area contributed by atoms with Gasteiger partial charge in [-0.25, -0.2) is 0 Å². The Hall–Kier alpha value is -1.32. The summed E-state index contributed by atoms with van der Waals surface area (Å²) < 4.78 is 5.20. The van der Waals surface area contributed by atoms with Crippen molar-refractivity contribution < 1.29 is 4.74 Å².